The lowest BCUT2D eigenvalue weighted by Gasteiger charge is -2.25. The number of anilines is 1. The summed E-state index contributed by atoms with van der Waals surface area (Å²) in [5.74, 6) is -1.87. The van der Waals surface area contributed by atoms with Crippen molar-refractivity contribution in [1.29, 1.82) is 0 Å². The molecular formula is C11H16N5O14P3. The Morgan fingerprint density at radius 1 is 1.24 bits per heavy atom. The number of aliphatic hydroxyl groups excluding tert-OH is 1. The molecule has 0 spiro atoms. The second-order valence-electron chi connectivity index (χ2n) is 6.53. The third-order valence-electron chi connectivity index (χ3n) is 3.96. The zero-order chi connectivity index (χ0) is 25.0. The molecule has 1 aliphatic rings. The van der Waals surface area contributed by atoms with E-state index in [2.05, 4.69) is 28.1 Å². The standard InChI is InChI=1S/C11H16N5O14P3/c1-11(19)6(17)4(2-27-32(23,24)30-33(25,26)29-31(20,21)22)28-9(11)16-3-13-5-7(16)14-10(12)15-8(5)18/h3,9,17,19H,2H2,1H3,(H,23,24)(H,25,26)(H2,20,21,22)(H3,12,14,15,18)/t9-,11?/m1/s1. The lowest BCUT2D eigenvalue weighted by molar-refractivity contribution is -0.0742. The van der Waals surface area contributed by atoms with E-state index in [0.717, 1.165) is 17.8 Å². The summed E-state index contributed by atoms with van der Waals surface area (Å²) in [6.07, 6.45) is -0.514. The first-order chi connectivity index (χ1) is 14.9. The fraction of sp³-hybridized carbons (Fsp3) is 0.364. The molecule has 3 heterocycles. The van der Waals surface area contributed by atoms with Crippen molar-refractivity contribution in [2.24, 2.45) is 0 Å². The summed E-state index contributed by atoms with van der Waals surface area (Å²) in [6.45, 7) is -0.0852. The number of H-pyrrole nitrogens is 1. The van der Waals surface area contributed by atoms with Crippen LogP contribution in [0, 0.1) is 0 Å². The molecule has 3 unspecified atom stereocenters. The first kappa shape index (κ1) is 25.5. The Morgan fingerprint density at radius 3 is 2.48 bits per heavy atom. The highest BCUT2D eigenvalue weighted by molar-refractivity contribution is 7.66. The van der Waals surface area contributed by atoms with Gasteiger partial charge in [-0.05, 0) is 6.92 Å². The molecule has 0 bridgehead atoms. The molecule has 1 aliphatic heterocycles. The summed E-state index contributed by atoms with van der Waals surface area (Å²) in [7, 11) is -16.9. The smallest absolute Gasteiger partial charge is 0.490 e. The fourth-order valence-electron chi connectivity index (χ4n) is 2.69. The largest absolute Gasteiger partial charge is 0.506 e. The van der Waals surface area contributed by atoms with Gasteiger partial charge >= 0.3 is 23.5 Å². The predicted molar refractivity (Wildman–Crippen MR) is 103 cm³/mol. The van der Waals surface area contributed by atoms with Crippen LogP contribution in [0.25, 0.3) is 11.2 Å². The number of aromatic amines is 1. The molecule has 0 radical (unpaired) electrons. The van der Waals surface area contributed by atoms with E-state index in [1.54, 1.807) is 0 Å². The molecule has 2 aromatic rings. The minimum Gasteiger partial charge on any atom is -0.506 e. The predicted octanol–water partition coefficient (Wildman–Crippen LogP) is -0.906. The van der Waals surface area contributed by atoms with Crippen molar-refractivity contribution in [3.8, 4) is 0 Å². The monoisotopic (exact) mass is 535 g/mol. The molecule has 0 amide bonds. The van der Waals surface area contributed by atoms with Crippen molar-refractivity contribution >= 4 is 40.6 Å². The van der Waals surface area contributed by atoms with Crippen LogP contribution >= 0.6 is 23.5 Å². The van der Waals surface area contributed by atoms with Gasteiger partial charge in [0.25, 0.3) is 5.56 Å². The van der Waals surface area contributed by atoms with Gasteiger partial charge in [-0.15, -0.1) is 0 Å². The van der Waals surface area contributed by atoms with Gasteiger partial charge in [-0.2, -0.15) is 13.6 Å². The Kier molecular flexibility index (Phi) is 6.38. The number of nitrogens with one attached hydrogen (secondary N) is 1. The van der Waals surface area contributed by atoms with Crippen molar-refractivity contribution in [2.45, 2.75) is 18.8 Å². The van der Waals surface area contributed by atoms with Gasteiger partial charge in [0.1, 0.15) is 12.9 Å². The number of phosphoric ester groups is 1. The molecule has 4 atom stereocenters. The first-order valence-electron chi connectivity index (χ1n) is 8.24. The van der Waals surface area contributed by atoms with Gasteiger partial charge in [0.2, 0.25) is 12.2 Å². The average molecular weight is 535 g/mol. The Hall–Kier alpha value is -2.14. The average Bonchev–Trinajstić information content (AvgIpc) is 3.10. The maximum atomic E-state index is 11.9. The van der Waals surface area contributed by atoms with Crippen molar-refractivity contribution in [1.82, 2.24) is 19.5 Å². The summed E-state index contributed by atoms with van der Waals surface area (Å²) >= 11 is 0. The van der Waals surface area contributed by atoms with Crippen LogP contribution in [0.3, 0.4) is 0 Å². The van der Waals surface area contributed by atoms with Crippen LogP contribution in [0.2, 0.25) is 0 Å². The second kappa shape index (κ2) is 8.26. The third-order valence-corrected chi connectivity index (χ3v) is 7.74. The fourth-order valence-corrected chi connectivity index (χ4v) is 5.67. The van der Waals surface area contributed by atoms with Gasteiger partial charge in [-0.1, -0.05) is 0 Å². The Morgan fingerprint density at radius 2 is 1.88 bits per heavy atom. The van der Waals surface area contributed by atoms with E-state index < -0.39 is 59.0 Å². The number of nitrogens with zero attached hydrogens (tertiary/aromatic N) is 3. The number of imidazole rings is 1. The van der Waals surface area contributed by atoms with Crippen LogP contribution in [-0.2, 0) is 31.6 Å². The number of hydrogen-bond acceptors (Lipinski definition) is 13. The molecule has 33 heavy (non-hydrogen) atoms. The maximum Gasteiger partial charge on any atom is 0.490 e. The van der Waals surface area contributed by atoms with Crippen LogP contribution in [-0.4, -0.2) is 61.5 Å². The van der Waals surface area contributed by atoms with Gasteiger partial charge in [-0.3, -0.25) is 18.9 Å². The zero-order valence-electron chi connectivity index (χ0n) is 16.1. The van der Waals surface area contributed by atoms with Crippen molar-refractivity contribution < 1.29 is 61.4 Å². The van der Waals surface area contributed by atoms with Crippen LogP contribution < -0.4 is 11.3 Å². The topological polar surface area (TPSA) is 299 Å². The molecule has 0 aliphatic carbocycles. The van der Waals surface area contributed by atoms with Gasteiger partial charge in [-0.25, -0.2) is 18.7 Å². The van der Waals surface area contributed by atoms with Crippen LogP contribution in [0.5, 0.6) is 0 Å². The number of rotatable bonds is 8. The second-order valence-corrected chi connectivity index (χ2v) is 10.9. The maximum absolute atomic E-state index is 11.9. The highest BCUT2D eigenvalue weighted by atomic mass is 31.3. The van der Waals surface area contributed by atoms with E-state index in [-0.39, 0.29) is 17.1 Å². The summed E-state index contributed by atoms with van der Waals surface area (Å²) in [5, 5.41) is 21.0. The Bertz CT molecular complexity index is 1330. The number of fused-ring (bicyclic) bond motifs is 1. The van der Waals surface area contributed by atoms with E-state index in [9.17, 15) is 33.6 Å². The first-order valence-corrected chi connectivity index (χ1v) is 12.8. The Labute approximate surface area is 181 Å². The summed E-state index contributed by atoms with van der Waals surface area (Å²) in [4.78, 5) is 57.5. The van der Waals surface area contributed by atoms with Crippen LogP contribution in [0.15, 0.2) is 22.6 Å². The molecule has 3 rings (SSSR count). The molecule has 9 N–H and O–H groups in total. The zero-order valence-corrected chi connectivity index (χ0v) is 18.8. The SMILES string of the molecule is CC1(O)C(O)=C(COP(=O)(O)OP(=O)(O)OP(=O)(O)O)O[C@H]1n1cnc2c(=O)[nH]c(N)nc21. The lowest BCUT2D eigenvalue weighted by atomic mass is 10.0. The highest BCUT2D eigenvalue weighted by Crippen LogP contribution is 2.66. The minimum absolute atomic E-state index is 0.150. The van der Waals surface area contributed by atoms with Crippen molar-refractivity contribution in [3.63, 3.8) is 0 Å². The van der Waals surface area contributed by atoms with E-state index >= 15 is 0 Å². The van der Waals surface area contributed by atoms with E-state index in [1.807, 2.05) is 0 Å². The Balaban J connectivity index is 1.81. The third kappa shape index (κ3) is 5.51. The van der Waals surface area contributed by atoms with Gasteiger partial charge < -0.3 is 40.3 Å². The van der Waals surface area contributed by atoms with E-state index in [4.69, 9.17) is 25.2 Å². The molecule has 22 heteroatoms. The van der Waals surface area contributed by atoms with Crippen LogP contribution in [0.1, 0.15) is 13.2 Å². The normalized spacial score (nSPS) is 25.1. The van der Waals surface area contributed by atoms with Crippen molar-refractivity contribution in [2.75, 3.05) is 12.3 Å². The molecule has 0 saturated heterocycles. The number of nitrogens with two attached hydrogens (primary N) is 1. The quantitative estimate of drug-likeness (QED) is 0.190. The van der Waals surface area contributed by atoms with Crippen LogP contribution in [0.4, 0.5) is 5.95 Å². The highest BCUT2D eigenvalue weighted by Gasteiger charge is 2.49. The van der Waals surface area contributed by atoms with Gasteiger partial charge in [0.05, 0.1) is 0 Å². The molecule has 2 aromatic heterocycles. The summed E-state index contributed by atoms with van der Waals surface area (Å²) < 4.78 is 51.7. The molecular weight excluding hydrogens is 519 g/mol. The summed E-state index contributed by atoms with van der Waals surface area (Å²) in [5.41, 5.74) is 2.21. The molecule has 0 saturated carbocycles. The van der Waals surface area contributed by atoms with Gasteiger partial charge in [0.15, 0.2) is 28.3 Å². The number of ether oxygens (including phenoxy) is 1. The molecule has 0 aromatic carbocycles. The molecule has 19 nitrogen and oxygen atoms in total. The van der Waals surface area contributed by atoms with E-state index in [1.165, 1.54) is 0 Å². The van der Waals surface area contributed by atoms with Crippen molar-refractivity contribution in [3.05, 3.63) is 28.2 Å². The number of phosphoric acid groups is 3. The number of aliphatic hydroxyl groups is 2. The van der Waals surface area contributed by atoms with Gasteiger partial charge in [0, 0.05) is 0 Å². The molecule has 0 fully saturated rings. The molecule has 184 valence electrons. The number of hydrogen-bond donors (Lipinski definition) is 8. The number of aromatic nitrogens is 4. The minimum atomic E-state index is -5.76. The lowest BCUT2D eigenvalue weighted by Crippen LogP contribution is -2.35. The van der Waals surface area contributed by atoms with E-state index in [0.29, 0.717) is 0 Å². The number of nitrogen functional groups attached to an aromatic ring is 1. The summed E-state index contributed by atoms with van der Waals surface area (Å²) in [6, 6.07) is 0.